The Kier molecular flexibility index (Phi) is 7.85. The Morgan fingerprint density at radius 3 is 2.68 bits per heavy atom. The number of carbonyl (C=O) groups is 2. The predicted octanol–water partition coefficient (Wildman–Crippen LogP) is 5.48. The maximum Gasteiger partial charge on any atom is 0.330 e. The van der Waals surface area contributed by atoms with Crippen molar-refractivity contribution in [3.05, 3.63) is 68.8 Å². The number of hydrogen-bond acceptors (Lipinski definition) is 4. The van der Waals surface area contributed by atoms with E-state index in [0.29, 0.717) is 17.7 Å². The lowest BCUT2D eigenvalue weighted by Crippen LogP contribution is -2.40. The van der Waals surface area contributed by atoms with Gasteiger partial charge in [0.1, 0.15) is 6.07 Å². The topological polar surface area (TPSA) is 79.2 Å². The minimum Gasteiger partial charge on any atom is -0.466 e. The zero-order chi connectivity index (χ0) is 22.3. The fraction of sp³-hybridized carbons (Fsp3) is 0.320. The lowest BCUT2D eigenvalue weighted by atomic mass is 9.69. The molecule has 0 aromatic heterocycles. The Hall–Kier alpha value is -2.66. The Bertz CT molecular complexity index is 1030. The average molecular weight is 528 g/mol. The van der Waals surface area contributed by atoms with Crippen molar-refractivity contribution in [2.45, 2.75) is 38.5 Å². The van der Waals surface area contributed by atoms with Crippen LogP contribution >= 0.6 is 22.6 Å². The van der Waals surface area contributed by atoms with Crippen LogP contribution in [0, 0.1) is 20.3 Å². The summed E-state index contributed by atoms with van der Waals surface area (Å²) in [4.78, 5) is 24.8. The third kappa shape index (κ3) is 5.95. The van der Waals surface area contributed by atoms with Gasteiger partial charge < -0.3 is 10.1 Å². The highest BCUT2D eigenvalue weighted by atomic mass is 127. The van der Waals surface area contributed by atoms with E-state index in [1.165, 1.54) is 13.2 Å². The van der Waals surface area contributed by atoms with Gasteiger partial charge in [0, 0.05) is 15.3 Å². The molecule has 0 unspecified atom stereocenters. The highest BCUT2D eigenvalue weighted by molar-refractivity contribution is 14.1. The summed E-state index contributed by atoms with van der Waals surface area (Å²) < 4.78 is 5.54. The molecule has 1 aliphatic rings. The molecule has 0 atom stereocenters. The van der Waals surface area contributed by atoms with E-state index in [1.807, 2.05) is 42.5 Å². The summed E-state index contributed by atoms with van der Waals surface area (Å²) in [5, 5.41) is 12.5. The lowest BCUT2D eigenvalue weighted by molar-refractivity contribution is -0.134. The molecular weight excluding hydrogens is 503 g/mol. The smallest absolute Gasteiger partial charge is 0.330 e. The van der Waals surface area contributed by atoms with Crippen LogP contribution in [0.5, 0.6) is 0 Å². The number of halogens is 1. The summed E-state index contributed by atoms with van der Waals surface area (Å²) in [5.74, 6) is -0.414. The van der Waals surface area contributed by atoms with E-state index < -0.39 is 11.4 Å². The van der Waals surface area contributed by atoms with Gasteiger partial charge in [0.05, 0.1) is 18.1 Å². The van der Waals surface area contributed by atoms with Gasteiger partial charge in [0.25, 0.3) is 0 Å². The Morgan fingerprint density at radius 1 is 1.19 bits per heavy atom. The molecule has 1 aliphatic carbocycles. The van der Waals surface area contributed by atoms with Gasteiger partial charge in [-0.1, -0.05) is 37.5 Å². The van der Waals surface area contributed by atoms with Crippen LogP contribution in [0.4, 0.5) is 5.69 Å². The van der Waals surface area contributed by atoms with Gasteiger partial charge in [-0.2, -0.15) is 5.26 Å². The normalized spacial score (nSPS) is 15.3. The molecule has 160 valence electrons. The molecule has 0 bridgehead atoms. The predicted molar refractivity (Wildman–Crippen MR) is 129 cm³/mol. The van der Waals surface area contributed by atoms with E-state index in [-0.39, 0.29) is 5.91 Å². The lowest BCUT2D eigenvalue weighted by Gasteiger charge is -2.36. The quantitative estimate of drug-likeness (QED) is 0.306. The van der Waals surface area contributed by atoms with E-state index >= 15 is 0 Å². The average Bonchev–Trinajstić information content (AvgIpc) is 2.79. The Balaban J connectivity index is 1.81. The third-order valence-electron chi connectivity index (χ3n) is 5.74. The molecule has 2 aromatic rings. The van der Waals surface area contributed by atoms with Crippen LogP contribution < -0.4 is 5.32 Å². The number of ether oxygens (including phenoxy) is 1. The molecule has 1 saturated carbocycles. The molecule has 31 heavy (non-hydrogen) atoms. The first-order valence-corrected chi connectivity index (χ1v) is 11.4. The molecule has 6 heteroatoms. The molecular formula is C25H25IN2O3. The molecule has 3 rings (SSSR count). The number of nitrogens with one attached hydrogen (secondary N) is 1. The van der Waals surface area contributed by atoms with Crippen LogP contribution in [0.2, 0.25) is 0 Å². The molecule has 0 aliphatic heterocycles. The molecule has 0 radical (unpaired) electrons. The van der Waals surface area contributed by atoms with Crippen LogP contribution in [0.3, 0.4) is 0 Å². The Labute approximate surface area is 196 Å². The van der Waals surface area contributed by atoms with Gasteiger partial charge in [0.2, 0.25) is 5.91 Å². The zero-order valence-electron chi connectivity index (χ0n) is 17.5. The molecule has 1 fully saturated rings. The number of nitriles is 1. The minimum absolute atomic E-state index is 0.0124. The third-order valence-corrected chi connectivity index (χ3v) is 6.68. The van der Waals surface area contributed by atoms with E-state index in [0.717, 1.165) is 46.8 Å². The van der Waals surface area contributed by atoms with Gasteiger partial charge in [-0.25, -0.2) is 4.79 Å². The number of rotatable bonds is 6. The molecule has 2 aromatic carbocycles. The van der Waals surface area contributed by atoms with Crippen molar-refractivity contribution >= 4 is 46.2 Å². The summed E-state index contributed by atoms with van der Waals surface area (Å²) in [6.45, 7) is 0. The standard InChI is InChI=1S/C25H25IN2O3/c1-31-23(29)11-9-18-6-5-7-21(15-18)28-24(30)25(12-3-2-4-13-25)16-19-8-10-22(26)20(14-19)17-27/h5-11,14-15H,2-4,12-13,16H2,1H3,(H,28,30)/b11-9+. The van der Waals surface area contributed by atoms with Gasteiger partial charge in [-0.15, -0.1) is 0 Å². The van der Waals surface area contributed by atoms with Crippen molar-refractivity contribution in [1.29, 1.82) is 5.26 Å². The van der Waals surface area contributed by atoms with Crippen molar-refractivity contribution < 1.29 is 14.3 Å². The van der Waals surface area contributed by atoms with Crippen molar-refractivity contribution in [1.82, 2.24) is 0 Å². The number of methoxy groups -OCH3 is 1. The summed E-state index contributed by atoms with van der Waals surface area (Å²) in [7, 11) is 1.33. The number of amides is 1. The Morgan fingerprint density at radius 2 is 1.97 bits per heavy atom. The second-order valence-corrected chi connectivity index (χ2v) is 9.04. The summed E-state index contributed by atoms with van der Waals surface area (Å²) >= 11 is 2.16. The second kappa shape index (κ2) is 10.6. The number of esters is 1. The molecule has 1 N–H and O–H groups in total. The van der Waals surface area contributed by atoms with Gasteiger partial charge >= 0.3 is 5.97 Å². The van der Waals surface area contributed by atoms with Crippen LogP contribution in [0.25, 0.3) is 6.08 Å². The van der Waals surface area contributed by atoms with Crippen molar-refractivity contribution in [3.63, 3.8) is 0 Å². The summed E-state index contributed by atoms with van der Waals surface area (Å²) in [5.41, 5.74) is 2.67. The maximum absolute atomic E-state index is 13.5. The van der Waals surface area contributed by atoms with Gasteiger partial charge in [0.15, 0.2) is 0 Å². The van der Waals surface area contributed by atoms with E-state index in [2.05, 4.69) is 38.7 Å². The number of anilines is 1. The summed E-state index contributed by atoms with van der Waals surface area (Å²) in [6, 6.07) is 15.5. The molecule has 0 saturated heterocycles. The first-order valence-electron chi connectivity index (χ1n) is 10.3. The number of benzene rings is 2. The number of nitrogens with zero attached hydrogens (tertiary/aromatic N) is 1. The van der Waals surface area contributed by atoms with E-state index in [1.54, 1.807) is 6.08 Å². The molecule has 5 nitrogen and oxygen atoms in total. The number of carbonyl (C=O) groups excluding carboxylic acids is 2. The van der Waals surface area contributed by atoms with Crippen LogP contribution in [-0.2, 0) is 20.7 Å². The largest absolute Gasteiger partial charge is 0.466 e. The van der Waals surface area contributed by atoms with Crippen LogP contribution in [-0.4, -0.2) is 19.0 Å². The van der Waals surface area contributed by atoms with Gasteiger partial charge in [-0.05, 0) is 83.3 Å². The van der Waals surface area contributed by atoms with Crippen molar-refractivity contribution in [2.75, 3.05) is 12.4 Å². The maximum atomic E-state index is 13.5. The van der Waals surface area contributed by atoms with Gasteiger partial charge in [-0.3, -0.25) is 4.79 Å². The first-order chi connectivity index (χ1) is 15.0. The van der Waals surface area contributed by atoms with Crippen molar-refractivity contribution in [3.8, 4) is 6.07 Å². The minimum atomic E-state index is -0.490. The fourth-order valence-corrected chi connectivity index (χ4v) is 4.54. The first kappa shape index (κ1) is 23.0. The zero-order valence-corrected chi connectivity index (χ0v) is 19.6. The van der Waals surface area contributed by atoms with Crippen LogP contribution in [0.1, 0.15) is 48.8 Å². The fourth-order valence-electron chi connectivity index (χ4n) is 4.09. The van der Waals surface area contributed by atoms with Crippen molar-refractivity contribution in [2.24, 2.45) is 5.41 Å². The summed E-state index contributed by atoms with van der Waals surface area (Å²) in [6.07, 6.45) is 8.46. The second-order valence-electron chi connectivity index (χ2n) is 7.88. The molecule has 0 heterocycles. The van der Waals surface area contributed by atoms with Crippen LogP contribution in [0.15, 0.2) is 48.5 Å². The van der Waals surface area contributed by atoms with E-state index in [4.69, 9.17) is 0 Å². The SMILES string of the molecule is COC(=O)/C=C/c1cccc(NC(=O)C2(Cc3ccc(I)c(C#N)c3)CCCCC2)c1. The highest BCUT2D eigenvalue weighted by Gasteiger charge is 2.39. The van der Waals surface area contributed by atoms with E-state index in [9.17, 15) is 14.9 Å². The molecule has 0 spiro atoms. The monoisotopic (exact) mass is 528 g/mol. The molecule has 1 amide bonds. The highest BCUT2D eigenvalue weighted by Crippen LogP contribution is 2.40. The number of hydrogen-bond donors (Lipinski definition) is 1.